The van der Waals surface area contributed by atoms with Gasteiger partial charge in [0.2, 0.25) is 10.0 Å². The summed E-state index contributed by atoms with van der Waals surface area (Å²) in [4.78, 5) is 0.320. The largest absolute Gasteiger partial charge is 0.396 e. The van der Waals surface area contributed by atoms with Crippen molar-refractivity contribution in [2.75, 3.05) is 13.7 Å². The minimum Gasteiger partial charge on any atom is -0.396 e. The summed E-state index contributed by atoms with van der Waals surface area (Å²) in [6.45, 7) is 6.08. The summed E-state index contributed by atoms with van der Waals surface area (Å²) in [5, 5.41) is 8.79. The van der Waals surface area contributed by atoms with Gasteiger partial charge in [-0.25, -0.2) is 8.42 Å². The highest BCUT2D eigenvalue weighted by atomic mass is 32.2. The van der Waals surface area contributed by atoms with E-state index < -0.39 is 10.0 Å². The first-order valence-electron chi connectivity index (χ1n) is 6.98. The van der Waals surface area contributed by atoms with Crippen LogP contribution in [-0.4, -0.2) is 37.5 Å². The van der Waals surface area contributed by atoms with E-state index in [-0.39, 0.29) is 18.6 Å². The molecule has 0 heterocycles. The first kappa shape index (κ1) is 17.1. The molecule has 0 aromatic heterocycles. The summed E-state index contributed by atoms with van der Waals surface area (Å²) in [6, 6.07) is 6.87. The maximum Gasteiger partial charge on any atom is 0.243 e. The molecular weight excluding hydrogens is 274 g/mol. The molecule has 0 spiro atoms. The van der Waals surface area contributed by atoms with Gasteiger partial charge in [0.15, 0.2) is 0 Å². The summed E-state index contributed by atoms with van der Waals surface area (Å²) < 4.78 is 26.4. The van der Waals surface area contributed by atoms with Gasteiger partial charge in [-0.1, -0.05) is 26.0 Å². The Morgan fingerprint density at radius 3 is 2.15 bits per heavy atom. The fraction of sp³-hybridized carbons (Fsp3) is 0.600. The minimum absolute atomic E-state index is 0.0472. The zero-order valence-electron chi connectivity index (χ0n) is 12.7. The Kier molecular flexibility index (Phi) is 6.17. The molecule has 1 N–H and O–H groups in total. The van der Waals surface area contributed by atoms with Crippen LogP contribution >= 0.6 is 0 Å². The highest BCUT2D eigenvalue weighted by Gasteiger charge is 2.26. The van der Waals surface area contributed by atoms with Crippen LogP contribution in [-0.2, 0) is 16.4 Å². The number of aryl methyl sites for hydroxylation is 1. The second-order valence-corrected chi connectivity index (χ2v) is 7.47. The van der Waals surface area contributed by atoms with Crippen molar-refractivity contribution in [1.82, 2.24) is 4.31 Å². The smallest absolute Gasteiger partial charge is 0.243 e. The number of aliphatic hydroxyl groups is 1. The van der Waals surface area contributed by atoms with Crippen molar-refractivity contribution in [2.24, 2.45) is 5.92 Å². The van der Waals surface area contributed by atoms with Crippen molar-refractivity contribution in [3.63, 3.8) is 0 Å². The first-order valence-corrected chi connectivity index (χ1v) is 8.42. The predicted octanol–water partition coefficient (Wildman–Crippen LogP) is 2.28. The number of aliphatic hydroxyl groups excluding tert-OH is 1. The SMILES string of the molecule is CC(C)C(C)N(C)S(=O)(=O)c1ccc(CCCO)cc1. The van der Waals surface area contributed by atoms with Gasteiger partial charge in [-0.2, -0.15) is 4.31 Å². The van der Waals surface area contributed by atoms with Crippen LogP contribution in [0.25, 0.3) is 0 Å². The number of benzene rings is 1. The summed E-state index contributed by atoms with van der Waals surface area (Å²) in [5.74, 6) is 0.263. The van der Waals surface area contributed by atoms with Crippen LogP contribution in [0, 0.1) is 5.92 Å². The van der Waals surface area contributed by atoms with E-state index in [1.165, 1.54) is 4.31 Å². The number of nitrogens with zero attached hydrogens (tertiary/aromatic N) is 1. The zero-order chi connectivity index (χ0) is 15.3. The fourth-order valence-corrected chi connectivity index (χ4v) is 3.41. The molecule has 4 nitrogen and oxygen atoms in total. The molecule has 0 saturated heterocycles. The third-order valence-corrected chi connectivity index (χ3v) is 5.72. The third kappa shape index (κ3) is 4.04. The Morgan fingerprint density at radius 2 is 1.70 bits per heavy atom. The van der Waals surface area contributed by atoms with Crippen LogP contribution in [0.4, 0.5) is 0 Å². The van der Waals surface area contributed by atoms with Gasteiger partial charge in [-0.15, -0.1) is 0 Å². The molecule has 0 fully saturated rings. The minimum atomic E-state index is -3.44. The molecule has 0 bridgehead atoms. The van der Waals surface area contributed by atoms with Gasteiger partial charge in [-0.3, -0.25) is 0 Å². The summed E-state index contributed by atoms with van der Waals surface area (Å²) in [6.07, 6.45) is 1.45. The molecule has 20 heavy (non-hydrogen) atoms. The van der Waals surface area contributed by atoms with Gasteiger partial charge in [-0.05, 0) is 43.4 Å². The van der Waals surface area contributed by atoms with Gasteiger partial charge in [0.05, 0.1) is 4.90 Å². The lowest BCUT2D eigenvalue weighted by Gasteiger charge is -2.27. The molecular formula is C15H25NO3S. The van der Waals surface area contributed by atoms with Gasteiger partial charge in [0.25, 0.3) is 0 Å². The van der Waals surface area contributed by atoms with Crippen LogP contribution < -0.4 is 0 Å². The second-order valence-electron chi connectivity index (χ2n) is 5.48. The normalized spacial score (nSPS) is 13.9. The Morgan fingerprint density at radius 1 is 1.15 bits per heavy atom. The maximum absolute atomic E-state index is 12.5. The highest BCUT2D eigenvalue weighted by Crippen LogP contribution is 2.20. The first-order chi connectivity index (χ1) is 9.30. The van der Waals surface area contributed by atoms with Crippen LogP contribution in [0.3, 0.4) is 0 Å². The molecule has 114 valence electrons. The van der Waals surface area contributed by atoms with Crippen molar-refractivity contribution < 1.29 is 13.5 Å². The molecule has 0 radical (unpaired) electrons. The van der Waals surface area contributed by atoms with Crippen LogP contribution in [0.1, 0.15) is 32.8 Å². The summed E-state index contributed by atoms with van der Waals surface area (Å²) in [7, 11) is -1.81. The summed E-state index contributed by atoms with van der Waals surface area (Å²) >= 11 is 0. The van der Waals surface area contributed by atoms with E-state index in [1.54, 1.807) is 19.2 Å². The molecule has 1 aromatic rings. The van der Waals surface area contributed by atoms with E-state index in [9.17, 15) is 8.42 Å². The van der Waals surface area contributed by atoms with Crippen molar-refractivity contribution in [1.29, 1.82) is 0 Å². The Bertz CT molecular complexity index is 508. The number of rotatable bonds is 7. The number of hydrogen-bond donors (Lipinski definition) is 1. The van der Waals surface area contributed by atoms with Crippen LogP contribution in [0.5, 0.6) is 0 Å². The summed E-state index contributed by atoms with van der Waals surface area (Å²) in [5.41, 5.74) is 1.04. The molecule has 1 unspecified atom stereocenters. The van der Waals surface area contributed by atoms with Gasteiger partial charge in [0.1, 0.15) is 0 Å². The maximum atomic E-state index is 12.5. The lowest BCUT2D eigenvalue weighted by Crippen LogP contribution is -2.38. The van der Waals surface area contributed by atoms with E-state index in [1.807, 2.05) is 32.9 Å². The van der Waals surface area contributed by atoms with Crippen molar-refractivity contribution in [3.05, 3.63) is 29.8 Å². The van der Waals surface area contributed by atoms with Crippen LogP contribution in [0.2, 0.25) is 0 Å². The topological polar surface area (TPSA) is 57.6 Å². The molecule has 0 aliphatic rings. The van der Waals surface area contributed by atoms with Crippen molar-refractivity contribution >= 4 is 10.0 Å². The monoisotopic (exact) mass is 299 g/mol. The van der Waals surface area contributed by atoms with Gasteiger partial charge in [0, 0.05) is 19.7 Å². The van der Waals surface area contributed by atoms with Gasteiger partial charge < -0.3 is 5.11 Å². The van der Waals surface area contributed by atoms with Crippen LogP contribution in [0.15, 0.2) is 29.2 Å². The Hall–Kier alpha value is -0.910. The molecule has 5 heteroatoms. The van der Waals surface area contributed by atoms with E-state index in [2.05, 4.69) is 0 Å². The molecule has 1 atom stereocenters. The van der Waals surface area contributed by atoms with Crippen molar-refractivity contribution in [2.45, 2.75) is 44.6 Å². The Balaban J connectivity index is 2.93. The van der Waals surface area contributed by atoms with Gasteiger partial charge >= 0.3 is 0 Å². The number of hydrogen-bond acceptors (Lipinski definition) is 3. The third-order valence-electron chi connectivity index (χ3n) is 3.76. The number of sulfonamides is 1. The quantitative estimate of drug-likeness (QED) is 0.840. The Labute approximate surface area is 122 Å². The molecule has 0 saturated carbocycles. The standard InChI is InChI=1S/C15H25NO3S/c1-12(2)13(3)16(4)20(18,19)15-9-7-14(8-10-15)6-5-11-17/h7-10,12-13,17H,5-6,11H2,1-4H3. The lowest BCUT2D eigenvalue weighted by molar-refractivity contribution is 0.288. The lowest BCUT2D eigenvalue weighted by atomic mass is 10.1. The van der Waals surface area contributed by atoms with E-state index in [0.717, 1.165) is 12.0 Å². The molecule has 1 rings (SSSR count). The zero-order valence-corrected chi connectivity index (χ0v) is 13.5. The molecule has 0 aliphatic heterocycles. The van der Waals surface area contributed by atoms with E-state index in [0.29, 0.717) is 11.3 Å². The van der Waals surface area contributed by atoms with E-state index >= 15 is 0 Å². The average Bonchev–Trinajstić information content (AvgIpc) is 2.43. The highest BCUT2D eigenvalue weighted by molar-refractivity contribution is 7.89. The van der Waals surface area contributed by atoms with Crippen molar-refractivity contribution in [3.8, 4) is 0 Å². The fourth-order valence-electron chi connectivity index (χ4n) is 1.92. The average molecular weight is 299 g/mol. The molecule has 0 aliphatic carbocycles. The molecule has 1 aromatic carbocycles. The second kappa shape index (κ2) is 7.20. The predicted molar refractivity (Wildman–Crippen MR) is 81.1 cm³/mol. The molecule has 0 amide bonds. The van der Waals surface area contributed by atoms with E-state index in [4.69, 9.17) is 5.11 Å².